The second-order valence-electron chi connectivity index (χ2n) is 3.90. The van der Waals surface area contributed by atoms with Gasteiger partial charge < -0.3 is 10.7 Å². The van der Waals surface area contributed by atoms with E-state index in [0.29, 0.717) is 5.65 Å². The number of nitrogen functional groups attached to an aromatic ring is 1. The van der Waals surface area contributed by atoms with Gasteiger partial charge in [-0.3, -0.25) is 0 Å². The van der Waals surface area contributed by atoms with Crippen LogP contribution in [0.15, 0.2) is 40.1 Å². The van der Waals surface area contributed by atoms with Crippen molar-refractivity contribution in [2.24, 2.45) is 0 Å². The number of imidazole rings is 1. The molecule has 7 heteroatoms. The summed E-state index contributed by atoms with van der Waals surface area (Å²) in [6.07, 6.45) is 1.60. The normalized spacial score (nSPS) is 11.0. The van der Waals surface area contributed by atoms with Gasteiger partial charge in [0.1, 0.15) is 10.5 Å². The number of nitrogens with one attached hydrogen (secondary N) is 1. The molecule has 0 fully saturated rings. The molecule has 0 saturated carbocycles. The van der Waals surface area contributed by atoms with Crippen LogP contribution in [-0.4, -0.2) is 19.9 Å². The molecule has 2 aromatic heterocycles. The summed E-state index contributed by atoms with van der Waals surface area (Å²) in [6, 6.07) is 8.20. The van der Waals surface area contributed by atoms with Gasteiger partial charge in [-0.15, -0.1) is 0 Å². The molecular weight excluding hydrogens is 326 g/mol. The molecule has 0 saturated heterocycles. The molecular formula is C12H10BrN5S. The predicted molar refractivity (Wildman–Crippen MR) is 79.8 cm³/mol. The SMILES string of the molecule is Nc1nc(SCc2ccc(Br)cc2)c2[nH]cnc2n1. The summed E-state index contributed by atoms with van der Waals surface area (Å²) in [5.74, 6) is 1.07. The lowest BCUT2D eigenvalue weighted by Gasteiger charge is -2.03. The van der Waals surface area contributed by atoms with Crippen molar-refractivity contribution in [3.05, 3.63) is 40.6 Å². The fraction of sp³-hybridized carbons (Fsp3) is 0.0833. The van der Waals surface area contributed by atoms with Crippen LogP contribution in [0.25, 0.3) is 11.2 Å². The van der Waals surface area contributed by atoms with Crippen LogP contribution in [0.1, 0.15) is 5.56 Å². The first-order valence-corrected chi connectivity index (χ1v) is 7.34. The number of benzene rings is 1. The predicted octanol–water partition coefficient (Wildman–Crippen LogP) is 2.99. The Kier molecular flexibility index (Phi) is 3.39. The third-order valence-electron chi connectivity index (χ3n) is 2.56. The maximum atomic E-state index is 5.68. The number of hydrogen-bond donors (Lipinski definition) is 2. The van der Waals surface area contributed by atoms with Gasteiger partial charge in [0.15, 0.2) is 5.65 Å². The summed E-state index contributed by atoms with van der Waals surface area (Å²) in [4.78, 5) is 15.5. The van der Waals surface area contributed by atoms with Crippen LogP contribution < -0.4 is 5.73 Å². The van der Waals surface area contributed by atoms with Crippen LogP contribution in [0.5, 0.6) is 0 Å². The third kappa shape index (κ3) is 2.71. The van der Waals surface area contributed by atoms with E-state index >= 15 is 0 Å². The van der Waals surface area contributed by atoms with Gasteiger partial charge in [0.2, 0.25) is 5.95 Å². The van der Waals surface area contributed by atoms with Crippen molar-refractivity contribution in [2.75, 3.05) is 5.73 Å². The first kappa shape index (κ1) is 12.4. The van der Waals surface area contributed by atoms with Crippen LogP contribution in [0.2, 0.25) is 0 Å². The third-order valence-corrected chi connectivity index (χ3v) is 4.13. The Morgan fingerprint density at radius 3 is 2.79 bits per heavy atom. The van der Waals surface area contributed by atoms with E-state index in [4.69, 9.17) is 5.73 Å². The number of aromatic amines is 1. The van der Waals surface area contributed by atoms with Gasteiger partial charge in [0.25, 0.3) is 0 Å². The molecule has 0 aliphatic heterocycles. The number of aromatic nitrogens is 4. The van der Waals surface area contributed by atoms with E-state index in [1.165, 1.54) is 5.56 Å². The summed E-state index contributed by atoms with van der Waals surface area (Å²) >= 11 is 5.03. The molecule has 96 valence electrons. The highest BCUT2D eigenvalue weighted by molar-refractivity contribution is 9.10. The van der Waals surface area contributed by atoms with E-state index in [-0.39, 0.29) is 5.95 Å². The molecule has 2 heterocycles. The molecule has 3 N–H and O–H groups in total. The molecule has 0 amide bonds. The van der Waals surface area contributed by atoms with E-state index in [0.717, 1.165) is 20.8 Å². The first-order chi connectivity index (χ1) is 9.22. The molecule has 0 aliphatic rings. The summed E-state index contributed by atoms with van der Waals surface area (Å²) in [5.41, 5.74) is 8.33. The average Bonchev–Trinajstić information content (AvgIpc) is 2.85. The van der Waals surface area contributed by atoms with Crippen molar-refractivity contribution < 1.29 is 0 Å². The Bertz CT molecular complexity index is 710. The fourth-order valence-electron chi connectivity index (χ4n) is 1.66. The quantitative estimate of drug-likeness (QED) is 0.568. The number of fused-ring (bicyclic) bond motifs is 1. The van der Waals surface area contributed by atoms with E-state index in [2.05, 4.69) is 48.0 Å². The Labute approximate surface area is 122 Å². The zero-order valence-corrected chi connectivity index (χ0v) is 12.2. The van der Waals surface area contributed by atoms with E-state index in [1.54, 1.807) is 18.1 Å². The maximum absolute atomic E-state index is 5.68. The molecule has 3 aromatic rings. The van der Waals surface area contributed by atoms with Gasteiger partial charge in [0, 0.05) is 10.2 Å². The number of thioether (sulfide) groups is 1. The second-order valence-corrected chi connectivity index (χ2v) is 5.78. The largest absolute Gasteiger partial charge is 0.368 e. The van der Waals surface area contributed by atoms with Gasteiger partial charge in [-0.05, 0) is 17.7 Å². The Morgan fingerprint density at radius 2 is 2.00 bits per heavy atom. The number of rotatable bonds is 3. The summed E-state index contributed by atoms with van der Waals surface area (Å²) in [7, 11) is 0. The van der Waals surface area contributed by atoms with Gasteiger partial charge in [0.05, 0.1) is 6.33 Å². The molecule has 0 unspecified atom stereocenters. The number of anilines is 1. The number of H-pyrrole nitrogens is 1. The highest BCUT2D eigenvalue weighted by Gasteiger charge is 2.09. The Balaban J connectivity index is 1.85. The smallest absolute Gasteiger partial charge is 0.223 e. The molecule has 0 bridgehead atoms. The number of nitrogens with zero attached hydrogens (tertiary/aromatic N) is 3. The van der Waals surface area contributed by atoms with Crippen LogP contribution in [0.3, 0.4) is 0 Å². The van der Waals surface area contributed by atoms with E-state index < -0.39 is 0 Å². The van der Waals surface area contributed by atoms with Crippen molar-refractivity contribution in [2.45, 2.75) is 10.8 Å². The molecule has 19 heavy (non-hydrogen) atoms. The van der Waals surface area contributed by atoms with Crippen molar-refractivity contribution in [3.8, 4) is 0 Å². The van der Waals surface area contributed by atoms with Gasteiger partial charge >= 0.3 is 0 Å². The molecule has 0 atom stereocenters. The van der Waals surface area contributed by atoms with Crippen LogP contribution in [0, 0.1) is 0 Å². The zero-order valence-electron chi connectivity index (χ0n) is 9.80. The first-order valence-electron chi connectivity index (χ1n) is 5.56. The highest BCUT2D eigenvalue weighted by Crippen LogP contribution is 2.27. The van der Waals surface area contributed by atoms with Crippen molar-refractivity contribution in [3.63, 3.8) is 0 Å². The van der Waals surface area contributed by atoms with Gasteiger partial charge in [-0.1, -0.05) is 39.8 Å². The Morgan fingerprint density at radius 1 is 1.21 bits per heavy atom. The Hall–Kier alpha value is -1.60. The van der Waals surface area contributed by atoms with Gasteiger partial charge in [-0.25, -0.2) is 9.97 Å². The lowest BCUT2D eigenvalue weighted by atomic mass is 10.2. The molecule has 0 aliphatic carbocycles. The molecule has 0 spiro atoms. The average molecular weight is 336 g/mol. The fourth-order valence-corrected chi connectivity index (χ4v) is 2.87. The standard InChI is InChI=1S/C12H10BrN5S/c13-8-3-1-7(2-4-8)5-19-11-9-10(16-6-15-9)17-12(14)18-11/h1-4,6H,5H2,(H3,14,15,16,17,18). The second kappa shape index (κ2) is 5.18. The van der Waals surface area contributed by atoms with E-state index in [1.807, 2.05) is 12.1 Å². The van der Waals surface area contributed by atoms with Crippen LogP contribution in [-0.2, 0) is 5.75 Å². The minimum Gasteiger partial charge on any atom is -0.368 e. The molecule has 3 rings (SSSR count). The lowest BCUT2D eigenvalue weighted by molar-refractivity contribution is 1.10. The number of nitrogens with two attached hydrogens (primary N) is 1. The van der Waals surface area contributed by atoms with E-state index in [9.17, 15) is 0 Å². The molecule has 0 radical (unpaired) electrons. The van der Waals surface area contributed by atoms with Crippen molar-refractivity contribution in [1.29, 1.82) is 0 Å². The van der Waals surface area contributed by atoms with Crippen LogP contribution >= 0.6 is 27.7 Å². The maximum Gasteiger partial charge on any atom is 0.223 e. The topological polar surface area (TPSA) is 80.5 Å². The zero-order chi connectivity index (χ0) is 13.2. The monoisotopic (exact) mass is 335 g/mol. The minimum absolute atomic E-state index is 0.248. The number of halogens is 1. The minimum atomic E-state index is 0.248. The summed E-state index contributed by atoms with van der Waals surface area (Å²) < 4.78 is 1.07. The highest BCUT2D eigenvalue weighted by atomic mass is 79.9. The summed E-state index contributed by atoms with van der Waals surface area (Å²) in [6.45, 7) is 0. The lowest BCUT2D eigenvalue weighted by Crippen LogP contribution is -1.97. The van der Waals surface area contributed by atoms with Crippen molar-refractivity contribution >= 4 is 44.8 Å². The van der Waals surface area contributed by atoms with Crippen molar-refractivity contribution in [1.82, 2.24) is 19.9 Å². The van der Waals surface area contributed by atoms with Crippen LogP contribution in [0.4, 0.5) is 5.95 Å². The molecule has 1 aromatic carbocycles. The number of hydrogen-bond acceptors (Lipinski definition) is 5. The molecule has 5 nitrogen and oxygen atoms in total. The van der Waals surface area contributed by atoms with Gasteiger partial charge in [-0.2, -0.15) is 4.98 Å². The summed E-state index contributed by atoms with van der Waals surface area (Å²) in [5, 5.41) is 0.822.